The highest BCUT2D eigenvalue weighted by Crippen LogP contribution is 2.27. The predicted molar refractivity (Wildman–Crippen MR) is 80.8 cm³/mol. The number of carbonyl (C=O) groups is 1. The Balaban J connectivity index is 1.82. The van der Waals surface area contributed by atoms with Crippen molar-refractivity contribution in [2.75, 3.05) is 19.7 Å². The second-order valence-corrected chi connectivity index (χ2v) is 6.30. The van der Waals surface area contributed by atoms with E-state index in [0.29, 0.717) is 18.8 Å². The highest BCUT2D eigenvalue weighted by Gasteiger charge is 2.42. The lowest BCUT2D eigenvalue weighted by Crippen LogP contribution is -2.64. The molecule has 1 heterocycles. The Morgan fingerprint density at radius 3 is 2.80 bits per heavy atom. The molecule has 0 spiro atoms. The van der Waals surface area contributed by atoms with Crippen LogP contribution in [0.25, 0.3) is 0 Å². The van der Waals surface area contributed by atoms with Crippen LogP contribution in [0.5, 0.6) is 5.75 Å². The van der Waals surface area contributed by atoms with Crippen molar-refractivity contribution in [3.05, 3.63) is 28.2 Å². The molecule has 0 aliphatic carbocycles. The van der Waals surface area contributed by atoms with Crippen LogP contribution in [0, 0.1) is 6.92 Å². The molecule has 0 aromatic heterocycles. The quantitative estimate of drug-likeness (QED) is 0.895. The number of carbonyl (C=O) groups excluding carboxylic acids is 1. The summed E-state index contributed by atoms with van der Waals surface area (Å²) in [6, 6.07) is 5.73. The highest BCUT2D eigenvalue weighted by molar-refractivity contribution is 9.10. The first-order chi connectivity index (χ1) is 9.43. The van der Waals surface area contributed by atoms with Crippen LogP contribution in [-0.2, 0) is 4.79 Å². The van der Waals surface area contributed by atoms with Gasteiger partial charge in [0.2, 0.25) is 0 Å². The minimum absolute atomic E-state index is 0.00384. The third-order valence-electron chi connectivity index (χ3n) is 3.48. The van der Waals surface area contributed by atoms with Crippen molar-refractivity contribution in [3.8, 4) is 5.75 Å². The van der Waals surface area contributed by atoms with Gasteiger partial charge in [-0.3, -0.25) is 4.79 Å². The number of ether oxygens (including phenoxy) is 1. The summed E-state index contributed by atoms with van der Waals surface area (Å²) in [6.07, 6.45) is 1.66. The second-order valence-electron chi connectivity index (χ2n) is 5.45. The van der Waals surface area contributed by atoms with E-state index in [1.54, 1.807) is 4.90 Å². The Hall–Kier alpha value is -1.07. The number of hydrogen-bond donors (Lipinski definition) is 1. The van der Waals surface area contributed by atoms with Crippen molar-refractivity contribution >= 4 is 21.8 Å². The molecule has 0 unspecified atom stereocenters. The van der Waals surface area contributed by atoms with Gasteiger partial charge in [0.15, 0.2) is 6.61 Å². The van der Waals surface area contributed by atoms with Gasteiger partial charge in [-0.15, -0.1) is 0 Å². The van der Waals surface area contributed by atoms with Gasteiger partial charge in [0.05, 0.1) is 23.2 Å². The predicted octanol–water partition coefficient (Wildman–Crippen LogP) is 2.51. The summed E-state index contributed by atoms with van der Waals surface area (Å²) in [4.78, 5) is 13.6. The van der Waals surface area contributed by atoms with E-state index in [0.717, 1.165) is 22.9 Å². The van der Waals surface area contributed by atoms with Crippen LogP contribution in [0.1, 0.15) is 25.3 Å². The standard InChI is InChI=1S/C15H20BrNO3/c1-3-6-15(19)9-17(10-15)14(18)8-20-13-5-4-11(2)7-12(13)16/h4-5,7,19H,3,6,8-10H2,1-2H3. The lowest BCUT2D eigenvalue weighted by Gasteiger charge is -2.46. The molecular formula is C15H20BrNO3. The van der Waals surface area contributed by atoms with Crippen LogP contribution in [0.4, 0.5) is 0 Å². The second kappa shape index (κ2) is 6.14. The molecule has 1 aromatic carbocycles. The molecule has 5 heteroatoms. The Kier molecular flexibility index (Phi) is 4.70. The lowest BCUT2D eigenvalue weighted by atomic mass is 9.89. The summed E-state index contributed by atoms with van der Waals surface area (Å²) in [7, 11) is 0. The van der Waals surface area contributed by atoms with E-state index < -0.39 is 5.60 Å². The highest BCUT2D eigenvalue weighted by atomic mass is 79.9. The van der Waals surface area contributed by atoms with E-state index >= 15 is 0 Å². The van der Waals surface area contributed by atoms with Crippen LogP contribution in [0.2, 0.25) is 0 Å². The third-order valence-corrected chi connectivity index (χ3v) is 4.10. The monoisotopic (exact) mass is 341 g/mol. The maximum Gasteiger partial charge on any atom is 0.260 e. The molecule has 1 aliphatic rings. The van der Waals surface area contributed by atoms with Gasteiger partial charge in [-0.1, -0.05) is 19.4 Å². The molecule has 2 rings (SSSR count). The Morgan fingerprint density at radius 1 is 1.50 bits per heavy atom. The first-order valence-corrected chi connectivity index (χ1v) is 7.62. The average Bonchev–Trinajstić information content (AvgIpc) is 2.34. The molecule has 110 valence electrons. The van der Waals surface area contributed by atoms with Crippen LogP contribution >= 0.6 is 15.9 Å². The minimum atomic E-state index is -0.686. The Morgan fingerprint density at radius 2 is 2.20 bits per heavy atom. The van der Waals surface area contributed by atoms with Gasteiger partial charge in [-0.2, -0.15) is 0 Å². The molecule has 1 aliphatic heterocycles. The topological polar surface area (TPSA) is 49.8 Å². The number of halogens is 1. The smallest absolute Gasteiger partial charge is 0.260 e. The fourth-order valence-electron chi connectivity index (χ4n) is 2.42. The summed E-state index contributed by atoms with van der Waals surface area (Å²) in [5, 5.41) is 10.0. The van der Waals surface area contributed by atoms with Crippen molar-refractivity contribution in [2.24, 2.45) is 0 Å². The number of nitrogens with zero attached hydrogens (tertiary/aromatic N) is 1. The van der Waals surface area contributed by atoms with Crippen LogP contribution < -0.4 is 4.74 Å². The van der Waals surface area contributed by atoms with Gasteiger partial charge < -0.3 is 14.7 Å². The minimum Gasteiger partial charge on any atom is -0.483 e. The van der Waals surface area contributed by atoms with Gasteiger partial charge in [0.1, 0.15) is 5.75 Å². The molecule has 1 saturated heterocycles. The van der Waals surface area contributed by atoms with Gasteiger partial charge >= 0.3 is 0 Å². The Bertz CT molecular complexity index is 498. The summed E-state index contributed by atoms with van der Waals surface area (Å²) < 4.78 is 6.36. The van der Waals surface area contributed by atoms with Crippen molar-refractivity contribution in [3.63, 3.8) is 0 Å². The first-order valence-electron chi connectivity index (χ1n) is 6.82. The molecule has 0 bridgehead atoms. The molecule has 0 radical (unpaired) electrons. The number of benzene rings is 1. The summed E-state index contributed by atoms with van der Waals surface area (Å²) in [5.74, 6) is 0.576. The maximum atomic E-state index is 11.9. The van der Waals surface area contributed by atoms with Gasteiger partial charge in [-0.25, -0.2) is 0 Å². The van der Waals surface area contributed by atoms with Gasteiger partial charge in [0.25, 0.3) is 5.91 Å². The number of β-amino-alcohol motifs (C(OH)–C–C–N with tert-alkyl or cyclic N) is 1. The molecule has 0 atom stereocenters. The van der Waals surface area contributed by atoms with Crippen molar-refractivity contribution in [2.45, 2.75) is 32.3 Å². The lowest BCUT2D eigenvalue weighted by molar-refractivity contribution is -0.158. The number of amides is 1. The number of aryl methyl sites for hydroxylation is 1. The molecule has 1 N–H and O–H groups in total. The SMILES string of the molecule is CCCC1(O)CN(C(=O)COc2ccc(C)cc2Br)C1. The molecule has 1 aromatic rings. The largest absolute Gasteiger partial charge is 0.483 e. The van der Waals surface area contributed by atoms with E-state index in [2.05, 4.69) is 15.9 Å². The number of aliphatic hydroxyl groups is 1. The zero-order valence-corrected chi connectivity index (χ0v) is 13.4. The van der Waals surface area contributed by atoms with Crippen molar-refractivity contribution < 1.29 is 14.6 Å². The summed E-state index contributed by atoms with van der Waals surface area (Å²) >= 11 is 3.41. The zero-order valence-electron chi connectivity index (χ0n) is 11.9. The maximum absolute atomic E-state index is 11.9. The summed E-state index contributed by atoms with van der Waals surface area (Å²) in [5.41, 5.74) is 0.442. The van der Waals surface area contributed by atoms with E-state index in [1.807, 2.05) is 32.0 Å². The van der Waals surface area contributed by atoms with Gasteiger partial charge in [0, 0.05) is 0 Å². The third kappa shape index (κ3) is 3.52. The van der Waals surface area contributed by atoms with E-state index in [4.69, 9.17) is 4.74 Å². The molecule has 1 fully saturated rings. The molecule has 0 saturated carbocycles. The van der Waals surface area contributed by atoms with Crippen molar-refractivity contribution in [1.29, 1.82) is 0 Å². The fraction of sp³-hybridized carbons (Fsp3) is 0.533. The number of hydrogen-bond acceptors (Lipinski definition) is 3. The first kappa shape index (κ1) is 15.3. The average molecular weight is 342 g/mol. The van der Waals surface area contributed by atoms with Crippen LogP contribution in [0.15, 0.2) is 22.7 Å². The Labute approximate surface area is 127 Å². The summed E-state index contributed by atoms with van der Waals surface area (Å²) in [6.45, 7) is 4.86. The molecule has 4 nitrogen and oxygen atoms in total. The van der Waals surface area contributed by atoms with Crippen molar-refractivity contribution in [1.82, 2.24) is 4.90 Å². The van der Waals surface area contributed by atoms with E-state index in [-0.39, 0.29) is 12.5 Å². The molecular weight excluding hydrogens is 322 g/mol. The van der Waals surface area contributed by atoms with Gasteiger partial charge in [-0.05, 0) is 47.0 Å². The van der Waals surface area contributed by atoms with Crippen LogP contribution in [-0.4, -0.2) is 41.2 Å². The fourth-order valence-corrected chi connectivity index (χ4v) is 3.03. The number of rotatable bonds is 5. The van der Waals surface area contributed by atoms with Crippen LogP contribution in [0.3, 0.4) is 0 Å². The normalized spacial score (nSPS) is 16.7. The van der Waals surface area contributed by atoms with E-state index in [9.17, 15) is 9.90 Å². The van der Waals surface area contributed by atoms with E-state index in [1.165, 1.54) is 0 Å². The molecule has 1 amide bonds. The number of likely N-dealkylation sites (tertiary alicyclic amines) is 1. The molecule has 20 heavy (non-hydrogen) atoms. The zero-order chi connectivity index (χ0) is 14.8.